The molecule has 1 aromatic carbocycles. The molecule has 1 unspecified atom stereocenters. The van der Waals surface area contributed by atoms with E-state index in [2.05, 4.69) is 21.5 Å². The Kier molecular flexibility index (Phi) is 5.01. The first-order valence-electron chi connectivity index (χ1n) is 7.80. The number of halogens is 1. The standard InChI is InChI=1S/C17H22ClN3O/c1-20-10-8-19-17(20)14-3-2-9-21(13-14)11-12-22-16-6-4-15(18)5-7-16/h4-8,10,14H,2-3,9,11-13H2,1H3. The van der Waals surface area contributed by atoms with Crippen LogP contribution in [-0.2, 0) is 7.05 Å². The molecule has 0 spiro atoms. The van der Waals surface area contributed by atoms with E-state index in [0.29, 0.717) is 12.5 Å². The van der Waals surface area contributed by atoms with Gasteiger partial charge in [-0.3, -0.25) is 4.90 Å². The zero-order chi connectivity index (χ0) is 15.4. The Bertz CT molecular complexity index is 596. The lowest BCUT2D eigenvalue weighted by molar-refractivity contribution is 0.167. The van der Waals surface area contributed by atoms with Crippen LogP contribution < -0.4 is 4.74 Å². The molecule has 0 bridgehead atoms. The number of ether oxygens (including phenoxy) is 1. The summed E-state index contributed by atoms with van der Waals surface area (Å²) in [5, 5.41) is 0.737. The molecular formula is C17H22ClN3O. The highest BCUT2D eigenvalue weighted by Gasteiger charge is 2.23. The number of likely N-dealkylation sites (tertiary alicyclic amines) is 1. The molecule has 5 heteroatoms. The topological polar surface area (TPSA) is 30.3 Å². The van der Waals surface area contributed by atoms with Gasteiger partial charge in [-0.1, -0.05) is 11.6 Å². The van der Waals surface area contributed by atoms with Crippen LogP contribution >= 0.6 is 11.6 Å². The van der Waals surface area contributed by atoms with Crippen LogP contribution in [0.3, 0.4) is 0 Å². The molecule has 0 radical (unpaired) electrons. The molecule has 1 fully saturated rings. The molecule has 0 aliphatic carbocycles. The van der Waals surface area contributed by atoms with E-state index in [1.54, 1.807) is 0 Å². The molecule has 3 rings (SSSR count). The Morgan fingerprint density at radius 2 is 2.14 bits per heavy atom. The molecule has 1 aliphatic rings. The van der Waals surface area contributed by atoms with E-state index < -0.39 is 0 Å². The molecule has 1 aromatic heterocycles. The number of nitrogens with zero attached hydrogens (tertiary/aromatic N) is 3. The minimum Gasteiger partial charge on any atom is -0.492 e. The van der Waals surface area contributed by atoms with Crippen LogP contribution in [0.4, 0.5) is 0 Å². The first-order chi connectivity index (χ1) is 10.7. The fourth-order valence-electron chi connectivity index (χ4n) is 3.06. The van der Waals surface area contributed by atoms with Crippen molar-refractivity contribution in [1.82, 2.24) is 14.5 Å². The Morgan fingerprint density at radius 3 is 2.86 bits per heavy atom. The summed E-state index contributed by atoms with van der Waals surface area (Å²) in [4.78, 5) is 6.97. The van der Waals surface area contributed by atoms with Crippen molar-refractivity contribution in [2.45, 2.75) is 18.8 Å². The van der Waals surface area contributed by atoms with Gasteiger partial charge in [0.05, 0.1) is 0 Å². The summed E-state index contributed by atoms with van der Waals surface area (Å²) in [6.07, 6.45) is 6.35. The Labute approximate surface area is 136 Å². The highest BCUT2D eigenvalue weighted by Crippen LogP contribution is 2.25. The summed E-state index contributed by atoms with van der Waals surface area (Å²) in [6.45, 7) is 3.86. The molecule has 22 heavy (non-hydrogen) atoms. The Hall–Kier alpha value is -1.52. The fraction of sp³-hybridized carbons (Fsp3) is 0.471. The largest absolute Gasteiger partial charge is 0.492 e. The number of aromatic nitrogens is 2. The van der Waals surface area contributed by atoms with Crippen molar-refractivity contribution in [2.24, 2.45) is 7.05 Å². The fourth-order valence-corrected chi connectivity index (χ4v) is 3.19. The van der Waals surface area contributed by atoms with Gasteiger partial charge >= 0.3 is 0 Å². The van der Waals surface area contributed by atoms with Gasteiger partial charge in [0.1, 0.15) is 18.2 Å². The normalized spacial score (nSPS) is 19.3. The number of hydrogen-bond donors (Lipinski definition) is 0. The molecule has 4 nitrogen and oxygen atoms in total. The first kappa shape index (κ1) is 15.4. The van der Waals surface area contributed by atoms with Gasteiger partial charge < -0.3 is 9.30 Å². The second kappa shape index (κ2) is 7.16. The average molecular weight is 320 g/mol. The highest BCUT2D eigenvalue weighted by atomic mass is 35.5. The van der Waals surface area contributed by atoms with Crippen LogP contribution in [-0.4, -0.2) is 40.7 Å². The Morgan fingerprint density at radius 1 is 1.32 bits per heavy atom. The lowest BCUT2D eigenvalue weighted by atomic mass is 9.97. The van der Waals surface area contributed by atoms with Crippen LogP contribution in [0.5, 0.6) is 5.75 Å². The van der Waals surface area contributed by atoms with Crippen molar-refractivity contribution < 1.29 is 4.74 Å². The molecule has 0 amide bonds. The quantitative estimate of drug-likeness (QED) is 0.847. The summed E-state index contributed by atoms with van der Waals surface area (Å²) in [5.74, 6) is 2.61. The molecule has 1 aliphatic heterocycles. The van der Waals surface area contributed by atoms with E-state index in [9.17, 15) is 0 Å². The van der Waals surface area contributed by atoms with Crippen LogP contribution in [0.1, 0.15) is 24.6 Å². The van der Waals surface area contributed by atoms with Gasteiger partial charge in [0.15, 0.2) is 0 Å². The van der Waals surface area contributed by atoms with Gasteiger partial charge in [-0.05, 0) is 43.7 Å². The second-order valence-corrected chi connectivity index (χ2v) is 6.27. The summed E-state index contributed by atoms with van der Waals surface area (Å²) in [7, 11) is 2.07. The van der Waals surface area contributed by atoms with E-state index in [1.807, 2.05) is 36.7 Å². The smallest absolute Gasteiger partial charge is 0.119 e. The third-order valence-electron chi connectivity index (χ3n) is 4.22. The van der Waals surface area contributed by atoms with Crippen LogP contribution in [0.2, 0.25) is 5.02 Å². The average Bonchev–Trinajstić information content (AvgIpc) is 2.96. The maximum Gasteiger partial charge on any atom is 0.119 e. The lowest BCUT2D eigenvalue weighted by Crippen LogP contribution is -2.37. The van der Waals surface area contributed by atoms with Gasteiger partial charge in [-0.25, -0.2) is 4.98 Å². The highest BCUT2D eigenvalue weighted by molar-refractivity contribution is 6.30. The maximum absolute atomic E-state index is 5.87. The number of aryl methyl sites for hydroxylation is 1. The lowest BCUT2D eigenvalue weighted by Gasteiger charge is -2.32. The number of hydrogen-bond acceptors (Lipinski definition) is 3. The second-order valence-electron chi connectivity index (χ2n) is 5.84. The minimum absolute atomic E-state index is 0.532. The van der Waals surface area contributed by atoms with E-state index >= 15 is 0 Å². The van der Waals surface area contributed by atoms with E-state index in [-0.39, 0.29) is 0 Å². The van der Waals surface area contributed by atoms with Crippen LogP contribution in [0, 0.1) is 0 Å². The predicted octanol–water partition coefficient (Wildman–Crippen LogP) is 3.33. The third kappa shape index (κ3) is 3.81. The van der Waals surface area contributed by atoms with Crippen molar-refractivity contribution in [3.05, 3.63) is 47.5 Å². The molecule has 2 aromatic rings. The van der Waals surface area contributed by atoms with Crippen LogP contribution in [0.15, 0.2) is 36.7 Å². The third-order valence-corrected chi connectivity index (χ3v) is 4.47. The number of rotatable bonds is 5. The SMILES string of the molecule is Cn1ccnc1C1CCCN(CCOc2ccc(Cl)cc2)C1. The zero-order valence-corrected chi connectivity index (χ0v) is 13.7. The predicted molar refractivity (Wildman–Crippen MR) is 88.6 cm³/mol. The monoisotopic (exact) mass is 319 g/mol. The zero-order valence-electron chi connectivity index (χ0n) is 12.9. The van der Waals surface area contributed by atoms with Crippen molar-refractivity contribution in [2.75, 3.05) is 26.2 Å². The number of imidazole rings is 1. The summed E-state index contributed by atoms with van der Waals surface area (Å²) in [6, 6.07) is 7.54. The molecule has 1 saturated heterocycles. The molecule has 0 N–H and O–H groups in total. The number of piperidine rings is 1. The molecule has 1 atom stereocenters. The molecule has 118 valence electrons. The molecular weight excluding hydrogens is 298 g/mol. The van der Waals surface area contributed by atoms with Gasteiger partial charge in [0.25, 0.3) is 0 Å². The van der Waals surface area contributed by atoms with E-state index in [4.69, 9.17) is 16.3 Å². The summed E-state index contributed by atoms with van der Waals surface area (Å²) >= 11 is 5.87. The van der Waals surface area contributed by atoms with E-state index in [1.165, 1.54) is 18.7 Å². The van der Waals surface area contributed by atoms with Crippen molar-refractivity contribution in [1.29, 1.82) is 0 Å². The summed E-state index contributed by atoms with van der Waals surface area (Å²) < 4.78 is 7.93. The number of benzene rings is 1. The minimum atomic E-state index is 0.532. The van der Waals surface area contributed by atoms with Gasteiger partial charge in [0, 0.05) is 43.5 Å². The summed E-state index contributed by atoms with van der Waals surface area (Å²) in [5.41, 5.74) is 0. The van der Waals surface area contributed by atoms with Crippen molar-refractivity contribution in [3.63, 3.8) is 0 Å². The van der Waals surface area contributed by atoms with Crippen molar-refractivity contribution >= 4 is 11.6 Å². The molecule has 0 saturated carbocycles. The maximum atomic E-state index is 5.87. The van der Waals surface area contributed by atoms with Gasteiger partial charge in [-0.2, -0.15) is 0 Å². The van der Waals surface area contributed by atoms with Crippen LogP contribution in [0.25, 0.3) is 0 Å². The van der Waals surface area contributed by atoms with E-state index in [0.717, 1.165) is 30.4 Å². The molecule has 2 heterocycles. The Balaban J connectivity index is 1.48. The van der Waals surface area contributed by atoms with Crippen molar-refractivity contribution in [3.8, 4) is 5.75 Å². The first-order valence-corrected chi connectivity index (χ1v) is 8.18. The van der Waals surface area contributed by atoms with Gasteiger partial charge in [-0.15, -0.1) is 0 Å². The van der Waals surface area contributed by atoms with Gasteiger partial charge in [0.2, 0.25) is 0 Å².